The van der Waals surface area contributed by atoms with E-state index in [0.29, 0.717) is 5.92 Å². The van der Waals surface area contributed by atoms with Gasteiger partial charge in [-0.3, -0.25) is 0 Å². The van der Waals surface area contributed by atoms with Crippen LogP contribution in [-0.2, 0) is 0 Å². The van der Waals surface area contributed by atoms with Crippen LogP contribution in [0, 0.1) is 5.92 Å². The molecule has 0 saturated heterocycles. The van der Waals surface area contributed by atoms with Gasteiger partial charge in [0.2, 0.25) is 0 Å². The zero-order chi connectivity index (χ0) is 10.7. The second-order valence-electron chi connectivity index (χ2n) is 3.95. The molecule has 1 aliphatic carbocycles. The van der Waals surface area contributed by atoms with Crippen molar-refractivity contribution in [3.05, 3.63) is 35.9 Å². The zero-order valence-electron chi connectivity index (χ0n) is 8.94. The van der Waals surface area contributed by atoms with Crippen LogP contribution in [0.3, 0.4) is 0 Å². The van der Waals surface area contributed by atoms with E-state index in [9.17, 15) is 0 Å². The van der Waals surface area contributed by atoms with Gasteiger partial charge in [-0.1, -0.05) is 18.2 Å². The van der Waals surface area contributed by atoms with E-state index in [2.05, 4.69) is 12.1 Å². The summed E-state index contributed by atoms with van der Waals surface area (Å²) < 4.78 is 5.19. The molecule has 1 aliphatic rings. The molecule has 0 bridgehead atoms. The third kappa shape index (κ3) is 2.21. The number of aliphatic hydroxyl groups excluding tert-OH is 1. The van der Waals surface area contributed by atoms with E-state index in [1.807, 2.05) is 18.2 Å². The summed E-state index contributed by atoms with van der Waals surface area (Å²) in [6.07, 6.45) is 4.18. The number of methoxy groups -OCH3 is 1. The molecule has 1 unspecified atom stereocenters. The first-order chi connectivity index (χ1) is 7.33. The van der Waals surface area contributed by atoms with E-state index < -0.39 is 0 Å². The Balaban J connectivity index is 2.16. The standard InChI is InChI=1S/C13H16O2/c1-15-13-4-2-3-11(8-13)12-6-5-10(7-12)9-14/h2-4,6,8,10,14H,5,7,9H2,1H3. The summed E-state index contributed by atoms with van der Waals surface area (Å²) in [5.41, 5.74) is 2.54. The lowest BCUT2D eigenvalue weighted by Crippen LogP contribution is -1.99. The van der Waals surface area contributed by atoms with Gasteiger partial charge in [-0.15, -0.1) is 0 Å². The second kappa shape index (κ2) is 4.49. The molecule has 80 valence electrons. The number of ether oxygens (including phenoxy) is 1. The fraction of sp³-hybridized carbons (Fsp3) is 0.385. The normalized spacial score (nSPS) is 20.1. The molecule has 0 heterocycles. The molecule has 0 saturated carbocycles. The topological polar surface area (TPSA) is 29.5 Å². The lowest BCUT2D eigenvalue weighted by atomic mass is 10.0. The van der Waals surface area contributed by atoms with Crippen LogP contribution in [0.2, 0.25) is 0 Å². The average molecular weight is 204 g/mol. The SMILES string of the molecule is COc1cccc(C2=CCC(CO)C2)c1. The molecule has 2 heteroatoms. The Morgan fingerprint density at radius 2 is 2.33 bits per heavy atom. The van der Waals surface area contributed by atoms with Crippen molar-refractivity contribution in [1.82, 2.24) is 0 Å². The fourth-order valence-electron chi connectivity index (χ4n) is 1.98. The summed E-state index contributed by atoms with van der Waals surface area (Å²) in [4.78, 5) is 0. The smallest absolute Gasteiger partial charge is 0.119 e. The molecule has 1 N–H and O–H groups in total. The fourth-order valence-corrected chi connectivity index (χ4v) is 1.98. The third-order valence-electron chi connectivity index (χ3n) is 2.90. The molecular weight excluding hydrogens is 188 g/mol. The molecule has 0 fully saturated rings. The van der Waals surface area contributed by atoms with Gasteiger partial charge in [-0.25, -0.2) is 0 Å². The first-order valence-electron chi connectivity index (χ1n) is 5.28. The van der Waals surface area contributed by atoms with Gasteiger partial charge in [0.25, 0.3) is 0 Å². The van der Waals surface area contributed by atoms with Crippen LogP contribution in [0.25, 0.3) is 5.57 Å². The van der Waals surface area contributed by atoms with Crippen molar-refractivity contribution in [2.75, 3.05) is 13.7 Å². The van der Waals surface area contributed by atoms with Crippen molar-refractivity contribution in [1.29, 1.82) is 0 Å². The predicted molar refractivity (Wildman–Crippen MR) is 60.8 cm³/mol. The average Bonchev–Trinajstić information content (AvgIpc) is 2.78. The quantitative estimate of drug-likeness (QED) is 0.819. The van der Waals surface area contributed by atoms with Crippen molar-refractivity contribution >= 4 is 5.57 Å². The molecule has 0 spiro atoms. The number of aliphatic hydroxyl groups is 1. The highest BCUT2D eigenvalue weighted by Crippen LogP contribution is 2.33. The Kier molecular flexibility index (Phi) is 3.07. The summed E-state index contributed by atoms with van der Waals surface area (Å²) >= 11 is 0. The van der Waals surface area contributed by atoms with Gasteiger partial charge in [0.1, 0.15) is 5.75 Å². The minimum atomic E-state index is 0.282. The van der Waals surface area contributed by atoms with Crippen LogP contribution in [0.4, 0.5) is 0 Å². The zero-order valence-corrected chi connectivity index (χ0v) is 8.94. The predicted octanol–water partition coefficient (Wildman–Crippen LogP) is 2.48. The first kappa shape index (κ1) is 10.2. The monoisotopic (exact) mass is 204 g/mol. The van der Waals surface area contributed by atoms with Crippen LogP contribution in [-0.4, -0.2) is 18.8 Å². The van der Waals surface area contributed by atoms with E-state index in [-0.39, 0.29) is 6.61 Å². The third-order valence-corrected chi connectivity index (χ3v) is 2.90. The van der Waals surface area contributed by atoms with Gasteiger partial charge in [0, 0.05) is 6.61 Å². The molecule has 1 atom stereocenters. The summed E-state index contributed by atoms with van der Waals surface area (Å²) in [6.45, 7) is 0.282. The number of benzene rings is 1. The minimum absolute atomic E-state index is 0.282. The van der Waals surface area contributed by atoms with Gasteiger partial charge in [0.05, 0.1) is 7.11 Å². The van der Waals surface area contributed by atoms with Gasteiger partial charge < -0.3 is 9.84 Å². The lowest BCUT2D eigenvalue weighted by molar-refractivity contribution is 0.234. The lowest BCUT2D eigenvalue weighted by Gasteiger charge is -2.07. The summed E-state index contributed by atoms with van der Waals surface area (Å²) in [7, 11) is 1.68. The molecule has 0 radical (unpaired) electrons. The van der Waals surface area contributed by atoms with Gasteiger partial charge >= 0.3 is 0 Å². The van der Waals surface area contributed by atoms with E-state index in [4.69, 9.17) is 9.84 Å². The second-order valence-corrected chi connectivity index (χ2v) is 3.95. The maximum atomic E-state index is 9.07. The first-order valence-corrected chi connectivity index (χ1v) is 5.28. The number of rotatable bonds is 3. The Morgan fingerprint density at radius 1 is 1.47 bits per heavy atom. The van der Waals surface area contributed by atoms with E-state index >= 15 is 0 Å². The van der Waals surface area contributed by atoms with Crippen LogP contribution in [0.5, 0.6) is 5.75 Å². The molecule has 0 aromatic heterocycles. The molecule has 2 rings (SSSR count). The van der Waals surface area contributed by atoms with Crippen LogP contribution >= 0.6 is 0 Å². The Labute approximate surface area is 90.2 Å². The van der Waals surface area contributed by atoms with Crippen molar-refractivity contribution in [2.24, 2.45) is 5.92 Å². The van der Waals surface area contributed by atoms with Crippen molar-refractivity contribution in [2.45, 2.75) is 12.8 Å². The highest BCUT2D eigenvalue weighted by atomic mass is 16.5. The Hall–Kier alpha value is -1.28. The molecule has 15 heavy (non-hydrogen) atoms. The summed E-state index contributed by atoms with van der Waals surface area (Å²) in [5.74, 6) is 1.30. The highest BCUT2D eigenvalue weighted by molar-refractivity contribution is 5.68. The highest BCUT2D eigenvalue weighted by Gasteiger charge is 2.17. The largest absolute Gasteiger partial charge is 0.497 e. The summed E-state index contributed by atoms with van der Waals surface area (Å²) in [6, 6.07) is 8.09. The van der Waals surface area contributed by atoms with Crippen molar-refractivity contribution < 1.29 is 9.84 Å². The molecule has 0 aliphatic heterocycles. The van der Waals surface area contributed by atoms with Crippen LogP contribution in [0.1, 0.15) is 18.4 Å². The van der Waals surface area contributed by atoms with Crippen molar-refractivity contribution in [3.63, 3.8) is 0 Å². The number of hydrogen-bond donors (Lipinski definition) is 1. The van der Waals surface area contributed by atoms with E-state index in [0.717, 1.165) is 18.6 Å². The van der Waals surface area contributed by atoms with Gasteiger partial charge in [0.15, 0.2) is 0 Å². The van der Waals surface area contributed by atoms with Gasteiger partial charge in [-0.2, -0.15) is 0 Å². The Morgan fingerprint density at radius 3 is 3.00 bits per heavy atom. The maximum Gasteiger partial charge on any atom is 0.119 e. The molecule has 1 aromatic rings. The van der Waals surface area contributed by atoms with Crippen LogP contribution in [0.15, 0.2) is 30.3 Å². The van der Waals surface area contributed by atoms with Crippen molar-refractivity contribution in [3.8, 4) is 5.75 Å². The van der Waals surface area contributed by atoms with Crippen LogP contribution < -0.4 is 4.74 Å². The summed E-state index contributed by atoms with van der Waals surface area (Å²) in [5, 5.41) is 9.07. The van der Waals surface area contributed by atoms with E-state index in [1.54, 1.807) is 7.11 Å². The molecule has 2 nitrogen and oxygen atoms in total. The molecule has 1 aromatic carbocycles. The maximum absolute atomic E-state index is 9.07. The minimum Gasteiger partial charge on any atom is -0.497 e. The number of hydrogen-bond acceptors (Lipinski definition) is 2. The van der Waals surface area contributed by atoms with E-state index in [1.165, 1.54) is 11.1 Å². The number of allylic oxidation sites excluding steroid dienone is 2. The molecular formula is C13H16O2. The Bertz CT molecular complexity index is 369. The molecule has 0 amide bonds. The van der Waals surface area contributed by atoms with Gasteiger partial charge in [-0.05, 0) is 42.0 Å².